The molecular formula is C22H22ClN3O3. The van der Waals surface area contributed by atoms with E-state index in [2.05, 4.69) is 10.4 Å². The van der Waals surface area contributed by atoms with Gasteiger partial charge in [0.15, 0.2) is 6.61 Å². The lowest BCUT2D eigenvalue weighted by Crippen LogP contribution is -2.21. The van der Waals surface area contributed by atoms with Gasteiger partial charge in [-0.05, 0) is 44.0 Å². The number of hydrogen-bond donors (Lipinski definition) is 1. The minimum atomic E-state index is -0.679. The van der Waals surface area contributed by atoms with E-state index in [0.717, 1.165) is 16.7 Å². The molecule has 0 atom stereocenters. The maximum absolute atomic E-state index is 12.5. The Bertz CT molecular complexity index is 1040. The first-order valence-electron chi connectivity index (χ1n) is 9.15. The van der Waals surface area contributed by atoms with Crippen LogP contribution < -0.4 is 5.32 Å². The molecule has 0 radical (unpaired) electrons. The summed E-state index contributed by atoms with van der Waals surface area (Å²) in [6.07, 6.45) is 0. The number of amides is 1. The quantitative estimate of drug-likeness (QED) is 0.613. The monoisotopic (exact) mass is 411 g/mol. The molecule has 3 rings (SSSR count). The second-order valence-electron chi connectivity index (χ2n) is 6.89. The minimum Gasteiger partial charge on any atom is -0.452 e. The van der Waals surface area contributed by atoms with Crippen LogP contribution in [-0.4, -0.2) is 28.3 Å². The summed E-state index contributed by atoms with van der Waals surface area (Å²) in [5.41, 5.74) is 4.45. The molecule has 150 valence electrons. The summed E-state index contributed by atoms with van der Waals surface area (Å²) in [7, 11) is 0. The van der Waals surface area contributed by atoms with Crippen molar-refractivity contribution < 1.29 is 14.3 Å². The summed E-state index contributed by atoms with van der Waals surface area (Å²) in [5.74, 6) is -1.10. The van der Waals surface area contributed by atoms with Gasteiger partial charge in [0.25, 0.3) is 5.91 Å². The Labute approximate surface area is 174 Å². The van der Waals surface area contributed by atoms with Crippen LogP contribution >= 0.6 is 11.6 Å². The maximum atomic E-state index is 12.5. The zero-order valence-corrected chi connectivity index (χ0v) is 17.3. The summed E-state index contributed by atoms with van der Waals surface area (Å²) in [6, 6.07) is 15.3. The first-order valence-corrected chi connectivity index (χ1v) is 9.53. The molecule has 2 aromatic carbocycles. The molecule has 6 nitrogen and oxygen atoms in total. The number of aromatic nitrogens is 2. The van der Waals surface area contributed by atoms with Gasteiger partial charge >= 0.3 is 5.97 Å². The van der Waals surface area contributed by atoms with Crippen LogP contribution in [0.3, 0.4) is 0 Å². The number of carbonyl (C=O) groups excluding carboxylic acids is 2. The lowest BCUT2D eigenvalue weighted by molar-refractivity contribution is -0.119. The van der Waals surface area contributed by atoms with Crippen molar-refractivity contribution in [3.63, 3.8) is 0 Å². The zero-order valence-electron chi connectivity index (χ0n) is 16.5. The van der Waals surface area contributed by atoms with E-state index in [1.807, 2.05) is 56.3 Å². The number of ether oxygens (including phenoxy) is 1. The van der Waals surface area contributed by atoms with Gasteiger partial charge in [-0.3, -0.25) is 4.79 Å². The highest BCUT2D eigenvalue weighted by atomic mass is 35.5. The van der Waals surface area contributed by atoms with Crippen molar-refractivity contribution in [2.24, 2.45) is 0 Å². The Kier molecular flexibility index (Phi) is 6.34. The van der Waals surface area contributed by atoms with Crippen LogP contribution in [-0.2, 0) is 16.1 Å². The molecule has 1 aromatic heterocycles. The average molecular weight is 412 g/mol. The lowest BCUT2D eigenvalue weighted by atomic mass is 10.1. The Morgan fingerprint density at radius 3 is 2.48 bits per heavy atom. The number of aryl methyl sites for hydroxylation is 3. The molecular weight excluding hydrogens is 390 g/mol. The molecule has 3 aromatic rings. The topological polar surface area (TPSA) is 73.2 Å². The van der Waals surface area contributed by atoms with Gasteiger partial charge in [0.1, 0.15) is 10.7 Å². The van der Waals surface area contributed by atoms with Gasteiger partial charge in [0, 0.05) is 5.69 Å². The van der Waals surface area contributed by atoms with Crippen LogP contribution in [0.25, 0.3) is 0 Å². The molecule has 0 unspecified atom stereocenters. The highest BCUT2D eigenvalue weighted by Gasteiger charge is 2.22. The molecule has 0 spiro atoms. The molecule has 0 fully saturated rings. The van der Waals surface area contributed by atoms with Gasteiger partial charge < -0.3 is 10.1 Å². The fraction of sp³-hybridized carbons (Fsp3) is 0.227. The smallest absolute Gasteiger partial charge is 0.343 e. The highest BCUT2D eigenvalue weighted by molar-refractivity contribution is 6.32. The van der Waals surface area contributed by atoms with Gasteiger partial charge in [-0.15, -0.1) is 0 Å². The summed E-state index contributed by atoms with van der Waals surface area (Å²) < 4.78 is 6.69. The van der Waals surface area contributed by atoms with Gasteiger partial charge in [0.2, 0.25) is 0 Å². The second kappa shape index (κ2) is 8.92. The number of rotatable bonds is 6. The third-order valence-electron chi connectivity index (χ3n) is 4.36. The van der Waals surface area contributed by atoms with Gasteiger partial charge in [-0.2, -0.15) is 5.10 Å². The molecule has 0 aliphatic carbocycles. The number of hydrogen-bond acceptors (Lipinski definition) is 4. The standard InChI is InChI=1S/C22H22ClN3O3/c1-14-7-9-17(10-8-14)12-26-21(23)20(16(3)25-26)22(28)29-13-19(27)24-18-6-4-5-15(2)11-18/h4-11H,12-13H2,1-3H3,(H,24,27). The number of nitrogens with one attached hydrogen (secondary N) is 1. The number of anilines is 1. The van der Waals surface area contributed by atoms with Crippen LogP contribution in [0.5, 0.6) is 0 Å². The van der Waals surface area contributed by atoms with Crippen molar-refractivity contribution in [1.29, 1.82) is 0 Å². The third-order valence-corrected chi connectivity index (χ3v) is 4.74. The molecule has 0 saturated heterocycles. The Hall–Kier alpha value is -3.12. The van der Waals surface area contributed by atoms with Crippen molar-refractivity contribution in [2.75, 3.05) is 11.9 Å². The number of halogens is 1. The molecule has 0 bridgehead atoms. The van der Waals surface area contributed by atoms with E-state index < -0.39 is 18.5 Å². The molecule has 1 N–H and O–H groups in total. The molecule has 29 heavy (non-hydrogen) atoms. The predicted molar refractivity (Wildman–Crippen MR) is 112 cm³/mol. The van der Waals surface area contributed by atoms with Gasteiger partial charge in [-0.25, -0.2) is 9.48 Å². The van der Waals surface area contributed by atoms with E-state index in [0.29, 0.717) is 17.9 Å². The van der Waals surface area contributed by atoms with E-state index in [1.165, 1.54) is 0 Å². The first kappa shape index (κ1) is 20.6. The number of benzene rings is 2. The van der Waals surface area contributed by atoms with Crippen molar-refractivity contribution in [3.05, 3.63) is 81.6 Å². The minimum absolute atomic E-state index is 0.169. The summed E-state index contributed by atoms with van der Waals surface area (Å²) >= 11 is 6.37. The van der Waals surface area contributed by atoms with E-state index in [-0.39, 0.29) is 10.7 Å². The van der Waals surface area contributed by atoms with Crippen LogP contribution in [0.15, 0.2) is 48.5 Å². The second-order valence-corrected chi connectivity index (χ2v) is 7.25. The van der Waals surface area contributed by atoms with E-state index in [9.17, 15) is 9.59 Å². The largest absolute Gasteiger partial charge is 0.452 e. The van der Waals surface area contributed by atoms with E-state index in [1.54, 1.807) is 17.7 Å². The Morgan fingerprint density at radius 1 is 1.07 bits per heavy atom. The number of esters is 1. The van der Waals surface area contributed by atoms with Crippen LogP contribution in [0, 0.1) is 20.8 Å². The van der Waals surface area contributed by atoms with E-state index >= 15 is 0 Å². The van der Waals surface area contributed by atoms with Crippen molar-refractivity contribution in [2.45, 2.75) is 27.3 Å². The lowest BCUT2D eigenvalue weighted by Gasteiger charge is -2.07. The Morgan fingerprint density at radius 2 is 1.79 bits per heavy atom. The summed E-state index contributed by atoms with van der Waals surface area (Å²) in [4.78, 5) is 24.5. The molecule has 1 heterocycles. The van der Waals surface area contributed by atoms with Crippen LogP contribution in [0.1, 0.15) is 32.7 Å². The molecule has 0 aliphatic rings. The summed E-state index contributed by atoms with van der Waals surface area (Å²) in [5, 5.41) is 7.22. The molecule has 0 aliphatic heterocycles. The number of carbonyl (C=O) groups is 2. The third kappa shape index (κ3) is 5.23. The maximum Gasteiger partial charge on any atom is 0.343 e. The fourth-order valence-electron chi connectivity index (χ4n) is 2.88. The van der Waals surface area contributed by atoms with Crippen molar-refractivity contribution >= 4 is 29.2 Å². The summed E-state index contributed by atoms with van der Waals surface area (Å²) in [6.45, 7) is 5.64. The normalized spacial score (nSPS) is 10.6. The highest BCUT2D eigenvalue weighted by Crippen LogP contribution is 2.22. The van der Waals surface area contributed by atoms with Gasteiger partial charge in [0.05, 0.1) is 12.2 Å². The van der Waals surface area contributed by atoms with Crippen molar-refractivity contribution in [1.82, 2.24) is 9.78 Å². The van der Waals surface area contributed by atoms with Crippen molar-refractivity contribution in [3.8, 4) is 0 Å². The number of nitrogens with zero attached hydrogens (tertiary/aromatic N) is 2. The zero-order chi connectivity index (χ0) is 21.0. The molecule has 0 saturated carbocycles. The SMILES string of the molecule is Cc1ccc(Cn2nc(C)c(C(=O)OCC(=O)Nc3cccc(C)c3)c2Cl)cc1. The Balaban J connectivity index is 1.64. The van der Waals surface area contributed by atoms with Gasteiger partial charge in [-0.1, -0.05) is 53.6 Å². The average Bonchev–Trinajstić information content (AvgIpc) is 2.95. The van der Waals surface area contributed by atoms with Crippen LogP contribution in [0.4, 0.5) is 5.69 Å². The van der Waals surface area contributed by atoms with E-state index in [4.69, 9.17) is 16.3 Å². The predicted octanol–water partition coefficient (Wildman–Crippen LogP) is 4.31. The van der Waals surface area contributed by atoms with Crippen LogP contribution in [0.2, 0.25) is 5.15 Å². The fourth-order valence-corrected chi connectivity index (χ4v) is 3.19. The molecule has 1 amide bonds. The first-order chi connectivity index (χ1) is 13.8. The molecule has 7 heteroatoms.